The Hall–Kier alpha value is -2.99. The van der Waals surface area contributed by atoms with Gasteiger partial charge in [0.2, 0.25) is 0 Å². The molecule has 6 heteroatoms. The molecule has 0 amide bonds. The zero-order chi connectivity index (χ0) is 20.1. The third-order valence-electron chi connectivity index (χ3n) is 6.03. The summed E-state index contributed by atoms with van der Waals surface area (Å²) in [5, 5.41) is 10.5. The maximum Gasteiger partial charge on any atom is 0.165 e. The number of fused-ring (bicyclic) bond motifs is 3. The van der Waals surface area contributed by atoms with Crippen molar-refractivity contribution in [3.8, 4) is 16.9 Å². The Bertz CT molecular complexity index is 1220. The summed E-state index contributed by atoms with van der Waals surface area (Å²) in [6, 6.07) is 10.9. The highest BCUT2D eigenvalue weighted by Gasteiger charge is 2.23. The van der Waals surface area contributed by atoms with E-state index < -0.39 is 5.82 Å². The van der Waals surface area contributed by atoms with Gasteiger partial charge < -0.3 is 14.6 Å². The highest BCUT2D eigenvalue weighted by Crippen LogP contribution is 2.34. The van der Waals surface area contributed by atoms with Crippen molar-refractivity contribution in [1.82, 2.24) is 19.4 Å². The van der Waals surface area contributed by atoms with Crippen LogP contribution in [0.4, 0.5) is 4.39 Å². The van der Waals surface area contributed by atoms with Crippen molar-refractivity contribution in [2.24, 2.45) is 0 Å². The van der Waals surface area contributed by atoms with E-state index in [1.165, 1.54) is 12.1 Å². The highest BCUT2D eigenvalue weighted by atomic mass is 19.1. The van der Waals surface area contributed by atoms with Crippen LogP contribution >= 0.6 is 0 Å². The van der Waals surface area contributed by atoms with Gasteiger partial charge in [0.25, 0.3) is 0 Å². The first-order chi connectivity index (χ1) is 14.0. The zero-order valence-electron chi connectivity index (χ0n) is 16.6. The number of rotatable bonds is 2. The van der Waals surface area contributed by atoms with Crippen LogP contribution in [0.5, 0.6) is 5.75 Å². The topological polar surface area (TPSA) is 54.2 Å². The molecule has 5 nitrogen and oxygen atoms in total. The summed E-state index contributed by atoms with van der Waals surface area (Å²) in [6.07, 6.45) is 4.03. The van der Waals surface area contributed by atoms with Crippen LogP contribution in [0.15, 0.2) is 42.6 Å². The Morgan fingerprint density at radius 3 is 2.52 bits per heavy atom. The van der Waals surface area contributed by atoms with Crippen molar-refractivity contribution < 1.29 is 9.50 Å². The van der Waals surface area contributed by atoms with Gasteiger partial charge in [0.05, 0.1) is 17.2 Å². The second kappa shape index (κ2) is 6.81. The van der Waals surface area contributed by atoms with Crippen LogP contribution in [-0.2, 0) is 0 Å². The van der Waals surface area contributed by atoms with Crippen LogP contribution in [0.2, 0.25) is 0 Å². The largest absolute Gasteiger partial charge is 0.505 e. The Labute approximate surface area is 168 Å². The minimum atomic E-state index is -0.619. The minimum Gasteiger partial charge on any atom is -0.505 e. The lowest BCUT2D eigenvalue weighted by molar-refractivity contribution is 0.222. The van der Waals surface area contributed by atoms with Crippen molar-refractivity contribution in [3.05, 3.63) is 54.2 Å². The van der Waals surface area contributed by atoms with E-state index in [1.54, 1.807) is 6.07 Å². The van der Waals surface area contributed by atoms with E-state index in [0.29, 0.717) is 6.04 Å². The number of pyridine rings is 1. The molecular weight excluding hydrogens is 367 g/mol. The summed E-state index contributed by atoms with van der Waals surface area (Å²) in [4.78, 5) is 11.7. The van der Waals surface area contributed by atoms with Crippen molar-refractivity contribution in [2.75, 3.05) is 20.1 Å². The predicted molar refractivity (Wildman–Crippen MR) is 113 cm³/mol. The third kappa shape index (κ3) is 3.04. The molecule has 29 heavy (non-hydrogen) atoms. The molecule has 1 saturated heterocycles. The van der Waals surface area contributed by atoms with Gasteiger partial charge in [-0.3, -0.25) is 4.98 Å². The number of imidazole rings is 1. The summed E-state index contributed by atoms with van der Waals surface area (Å²) in [5.41, 5.74) is 4.50. The van der Waals surface area contributed by atoms with Crippen molar-refractivity contribution in [2.45, 2.75) is 25.8 Å². The molecule has 0 radical (unpaired) electrons. The number of piperidine rings is 1. The maximum absolute atomic E-state index is 13.9. The molecule has 0 unspecified atom stereocenters. The molecule has 0 saturated carbocycles. The molecule has 0 atom stereocenters. The molecule has 0 spiro atoms. The number of nitrogens with zero attached hydrogens (tertiary/aromatic N) is 4. The van der Waals surface area contributed by atoms with Gasteiger partial charge in [0.15, 0.2) is 11.6 Å². The van der Waals surface area contributed by atoms with E-state index in [0.717, 1.165) is 64.8 Å². The average Bonchev–Trinajstić information content (AvgIpc) is 3.06. The fraction of sp³-hybridized carbons (Fsp3) is 0.304. The molecule has 5 rings (SSSR count). The van der Waals surface area contributed by atoms with E-state index >= 15 is 0 Å². The molecule has 1 aliphatic heterocycles. The second-order valence-corrected chi connectivity index (χ2v) is 7.95. The van der Waals surface area contributed by atoms with E-state index in [1.807, 2.05) is 18.3 Å². The van der Waals surface area contributed by atoms with Crippen LogP contribution < -0.4 is 0 Å². The Balaban J connectivity index is 1.71. The van der Waals surface area contributed by atoms with Crippen LogP contribution in [-0.4, -0.2) is 44.7 Å². The summed E-state index contributed by atoms with van der Waals surface area (Å²) in [7, 11) is 2.16. The maximum atomic E-state index is 13.9. The predicted octanol–water partition coefficient (Wildman–Crippen LogP) is 4.67. The normalized spacial score (nSPS) is 16.1. The number of likely N-dealkylation sites (tertiary alicyclic amines) is 1. The first-order valence-electron chi connectivity index (χ1n) is 9.96. The lowest BCUT2D eigenvalue weighted by atomic mass is 10.0. The average molecular weight is 390 g/mol. The summed E-state index contributed by atoms with van der Waals surface area (Å²) in [6.45, 7) is 4.21. The number of benzene rings is 2. The number of phenolic OH excluding ortho intramolecular Hbond substituents is 1. The molecule has 3 heterocycles. The molecular formula is C23H23FN4O. The number of hydrogen-bond donors (Lipinski definition) is 1. The fourth-order valence-electron chi connectivity index (χ4n) is 4.46. The first kappa shape index (κ1) is 18.1. The lowest BCUT2D eigenvalue weighted by Gasteiger charge is -2.31. The number of phenols is 1. The van der Waals surface area contributed by atoms with Crippen molar-refractivity contribution >= 4 is 21.9 Å². The second-order valence-electron chi connectivity index (χ2n) is 7.95. The SMILES string of the molecule is Cc1nc2cnc3ccc(-c4ccc(O)c(F)c4)cc3c2n1C1CCN(C)CC1. The van der Waals surface area contributed by atoms with Crippen LogP contribution in [0.1, 0.15) is 24.7 Å². The Morgan fingerprint density at radius 1 is 1.03 bits per heavy atom. The summed E-state index contributed by atoms with van der Waals surface area (Å²) in [5.74, 6) is 0.0469. The van der Waals surface area contributed by atoms with Gasteiger partial charge in [-0.2, -0.15) is 0 Å². The van der Waals surface area contributed by atoms with Gasteiger partial charge in [-0.1, -0.05) is 12.1 Å². The fourth-order valence-corrected chi connectivity index (χ4v) is 4.46. The number of hydrogen-bond acceptors (Lipinski definition) is 4. The van der Waals surface area contributed by atoms with Gasteiger partial charge >= 0.3 is 0 Å². The quantitative estimate of drug-likeness (QED) is 0.540. The molecule has 1 N–H and O–H groups in total. The number of aromatic hydroxyl groups is 1. The van der Waals surface area contributed by atoms with Crippen LogP contribution in [0.3, 0.4) is 0 Å². The minimum absolute atomic E-state index is 0.338. The monoisotopic (exact) mass is 390 g/mol. The van der Waals surface area contributed by atoms with E-state index in [2.05, 4.69) is 34.5 Å². The summed E-state index contributed by atoms with van der Waals surface area (Å²) < 4.78 is 16.3. The molecule has 4 aromatic rings. The van der Waals surface area contributed by atoms with Gasteiger partial charge in [0.1, 0.15) is 11.3 Å². The smallest absolute Gasteiger partial charge is 0.165 e. The van der Waals surface area contributed by atoms with E-state index in [4.69, 9.17) is 4.98 Å². The number of aryl methyl sites for hydroxylation is 1. The molecule has 2 aromatic heterocycles. The molecule has 1 aliphatic rings. The molecule has 148 valence electrons. The molecule has 1 fully saturated rings. The van der Waals surface area contributed by atoms with E-state index in [-0.39, 0.29) is 5.75 Å². The van der Waals surface area contributed by atoms with Crippen molar-refractivity contribution in [3.63, 3.8) is 0 Å². The van der Waals surface area contributed by atoms with Crippen molar-refractivity contribution in [1.29, 1.82) is 0 Å². The van der Waals surface area contributed by atoms with Gasteiger partial charge in [-0.25, -0.2) is 9.37 Å². The summed E-state index contributed by atoms with van der Waals surface area (Å²) >= 11 is 0. The first-order valence-corrected chi connectivity index (χ1v) is 9.96. The van der Waals surface area contributed by atoms with Crippen LogP contribution in [0.25, 0.3) is 33.1 Å². The zero-order valence-corrected chi connectivity index (χ0v) is 16.6. The van der Waals surface area contributed by atoms with Gasteiger partial charge in [-0.05, 0) is 75.3 Å². The number of aromatic nitrogens is 3. The van der Waals surface area contributed by atoms with Gasteiger partial charge in [0, 0.05) is 11.4 Å². The third-order valence-corrected chi connectivity index (χ3v) is 6.03. The standard InChI is InChI=1S/C23H23FN4O/c1-14-26-21-13-25-20-5-3-15(16-4-6-22(29)19(24)12-16)11-18(20)23(21)28(14)17-7-9-27(2)10-8-17/h3-6,11-13,17,29H,7-10H2,1-2H3. The Morgan fingerprint density at radius 2 is 1.76 bits per heavy atom. The molecule has 0 aliphatic carbocycles. The van der Waals surface area contributed by atoms with Gasteiger partial charge in [-0.15, -0.1) is 0 Å². The van der Waals surface area contributed by atoms with Crippen LogP contribution in [0, 0.1) is 12.7 Å². The van der Waals surface area contributed by atoms with E-state index in [9.17, 15) is 9.50 Å². The molecule has 0 bridgehead atoms. The molecule has 2 aromatic carbocycles. The lowest BCUT2D eigenvalue weighted by Crippen LogP contribution is -2.31. The highest BCUT2D eigenvalue weighted by molar-refractivity contribution is 6.04. The Kier molecular flexibility index (Phi) is 4.24. The number of halogens is 1.